The average Bonchev–Trinajstić information content (AvgIpc) is 2.81. The van der Waals surface area contributed by atoms with Crippen molar-refractivity contribution in [3.8, 4) is 0 Å². The minimum atomic E-state index is 0.130. The lowest BCUT2D eigenvalue weighted by Crippen LogP contribution is -2.59. The molecule has 3 unspecified atom stereocenters. The van der Waals surface area contributed by atoms with E-state index in [9.17, 15) is 0 Å². The Kier molecular flexibility index (Phi) is 4.74. The number of oxazole rings is 1. The van der Waals surface area contributed by atoms with Gasteiger partial charge in [-0.05, 0) is 13.3 Å². The van der Waals surface area contributed by atoms with Crippen LogP contribution in [0.2, 0.25) is 0 Å². The Morgan fingerprint density at radius 3 is 2.94 bits per heavy atom. The van der Waals surface area contributed by atoms with Crippen molar-refractivity contribution in [2.24, 2.45) is 0 Å². The number of rotatable bonds is 7. The number of nitrogens with zero attached hydrogens (tertiary/aromatic N) is 1. The second-order valence-electron chi connectivity index (χ2n) is 4.49. The van der Waals surface area contributed by atoms with E-state index in [1.54, 1.807) is 13.3 Å². The fourth-order valence-electron chi connectivity index (χ4n) is 2.29. The molecule has 18 heavy (non-hydrogen) atoms. The zero-order chi connectivity index (χ0) is 13.0. The monoisotopic (exact) mass is 254 g/mol. The molecule has 3 atom stereocenters. The number of methoxy groups -OCH3 is 1. The predicted molar refractivity (Wildman–Crippen MR) is 67.3 cm³/mol. The van der Waals surface area contributed by atoms with Crippen LogP contribution in [-0.2, 0) is 22.4 Å². The summed E-state index contributed by atoms with van der Waals surface area (Å²) in [5.74, 6) is 1.66. The van der Waals surface area contributed by atoms with Gasteiger partial charge in [-0.3, -0.25) is 0 Å². The van der Waals surface area contributed by atoms with E-state index in [1.165, 1.54) is 0 Å². The Hall–Kier alpha value is -0.910. The molecule has 1 aliphatic carbocycles. The van der Waals surface area contributed by atoms with Gasteiger partial charge in [0, 0.05) is 26.2 Å². The Bertz CT molecular complexity index is 367. The molecule has 0 aliphatic heterocycles. The van der Waals surface area contributed by atoms with Crippen molar-refractivity contribution >= 4 is 0 Å². The molecule has 2 rings (SSSR count). The van der Waals surface area contributed by atoms with Gasteiger partial charge < -0.3 is 19.2 Å². The third-order valence-electron chi connectivity index (χ3n) is 3.37. The van der Waals surface area contributed by atoms with Gasteiger partial charge in [-0.25, -0.2) is 4.98 Å². The van der Waals surface area contributed by atoms with E-state index in [2.05, 4.69) is 17.2 Å². The molecule has 102 valence electrons. The maximum absolute atomic E-state index is 5.58. The Balaban J connectivity index is 1.77. The van der Waals surface area contributed by atoms with E-state index >= 15 is 0 Å². The molecule has 1 aromatic rings. The maximum atomic E-state index is 5.58. The minimum absolute atomic E-state index is 0.130. The highest BCUT2D eigenvalue weighted by Gasteiger charge is 2.41. The van der Waals surface area contributed by atoms with Crippen LogP contribution in [0.3, 0.4) is 0 Å². The van der Waals surface area contributed by atoms with Gasteiger partial charge in [0.05, 0.1) is 24.9 Å². The standard InChI is InChI=1S/C13H22N2O3/c1-4-9-7-15-12(18-9)8-14-10-6-11(17-5-2)13(10)16-3/h7,10-11,13-14H,4-6,8H2,1-3H3. The normalized spacial score (nSPS) is 27.2. The molecule has 1 N–H and O–H groups in total. The first-order chi connectivity index (χ1) is 8.78. The van der Waals surface area contributed by atoms with Crippen molar-refractivity contribution in [3.63, 3.8) is 0 Å². The van der Waals surface area contributed by atoms with Crippen molar-refractivity contribution in [2.75, 3.05) is 13.7 Å². The first-order valence-electron chi connectivity index (χ1n) is 6.59. The van der Waals surface area contributed by atoms with E-state index in [4.69, 9.17) is 13.9 Å². The van der Waals surface area contributed by atoms with E-state index in [-0.39, 0.29) is 12.2 Å². The summed E-state index contributed by atoms with van der Waals surface area (Å²) in [6.45, 7) is 5.43. The summed E-state index contributed by atoms with van der Waals surface area (Å²) < 4.78 is 16.6. The number of nitrogens with one attached hydrogen (secondary N) is 1. The van der Waals surface area contributed by atoms with Gasteiger partial charge in [0.15, 0.2) is 0 Å². The molecule has 1 heterocycles. The number of ether oxygens (including phenoxy) is 2. The van der Waals surface area contributed by atoms with E-state index in [0.717, 1.165) is 31.1 Å². The molecule has 0 spiro atoms. The molecule has 1 aliphatic rings. The molecule has 0 bridgehead atoms. The van der Waals surface area contributed by atoms with Crippen molar-refractivity contribution in [1.29, 1.82) is 0 Å². The van der Waals surface area contributed by atoms with Gasteiger partial charge in [0.25, 0.3) is 0 Å². The van der Waals surface area contributed by atoms with Crippen LogP contribution in [0, 0.1) is 0 Å². The highest BCUT2D eigenvalue weighted by atomic mass is 16.5. The van der Waals surface area contributed by atoms with Crippen LogP contribution < -0.4 is 5.32 Å². The van der Waals surface area contributed by atoms with E-state index in [1.807, 2.05) is 6.92 Å². The first-order valence-corrected chi connectivity index (χ1v) is 6.59. The van der Waals surface area contributed by atoms with Gasteiger partial charge in [-0.15, -0.1) is 0 Å². The molecule has 1 fully saturated rings. The van der Waals surface area contributed by atoms with Crippen LogP contribution in [0.5, 0.6) is 0 Å². The lowest BCUT2D eigenvalue weighted by molar-refractivity contribution is -0.131. The van der Waals surface area contributed by atoms with Crippen LogP contribution in [-0.4, -0.2) is 37.0 Å². The largest absolute Gasteiger partial charge is 0.444 e. The predicted octanol–water partition coefficient (Wildman–Crippen LogP) is 1.52. The summed E-state index contributed by atoms with van der Waals surface area (Å²) in [5, 5.41) is 3.40. The van der Waals surface area contributed by atoms with Gasteiger partial charge in [-0.1, -0.05) is 6.92 Å². The summed E-state index contributed by atoms with van der Waals surface area (Å²) in [6.07, 6.45) is 3.99. The summed E-state index contributed by atoms with van der Waals surface area (Å²) >= 11 is 0. The van der Waals surface area contributed by atoms with Crippen molar-refractivity contribution in [3.05, 3.63) is 17.8 Å². The molecule has 0 saturated heterocycles. The molecular formula is C13H22N2O3. The lowest BCUT2D eigenvalue weighted by atomic mass is 9.85. The Labute approximate surface area is 108 Å². The first kappa shape index (κ1) is 13.5. The van der Waals surface area contributed by atoms with Gasteiger partial charge in [0.1, 0.15) is 5.76 Å². The highest BCUT2D eigenvalue weighted by molar-refractivity contribution is 4.99. The number of aryl methyl sites for hydroxylation is 1. The minimum Gasteiger partial charge on any atom is -0.444 e. The highest BCUT2D eigenvalue weighted by Crippen LogP contribution is 2.27. The second kappa shape index (κ2) is 6.31. The van der Waals surface area contributed by atoms with Crippen LogP contribution in [0.1, 0.15) is 31.9 Å². The number of aromatic nitrogens is 1. The molecule has 0 radical (unpaired) electrons. The van der Waals surface area contributed by atoms with Crippen molar-refractivity contribution in [2.45, 2.75) is 51.5 Å². The quantitative estimate of drug-likeness (QED) is 0.799. The van der Waals surface area contributed by atoms with Crippen LogP contribution in [0.15, 0.2) is 10.6 Å². The molecule has 1 saturated carbocycles. The molecule has 5 heteroatoms. The van der Waals surface area contributed by atoms with Gasteiger partial charge in [0.2, 0.25) is 5.89 Å². The van der Waals surface area contributed by atoms with Gasteiger partial charge in [-0.2, -0.15) is 0 Å². The average molecular weight is 254 g/mol. The molecule has 5 nitrogen and oxygen atoms in total. The van der Waals surface area contributed by atoms with Crippen LogP contribution >= 0.6 is 0 Å². The molecular weight excluding hydrogens is 232 g/mol. The van der Waals surface area contributed by atoms with E-state index in [0.29, 0.717) is 12.6 Å². The maximum Gasteiger partial charge on any atom is 0.208 e. The summed E-state index contributed by atoms with van der Waals surface area (Å²) in [4.78, 5) is 4.22. The fraction of sp³-hybridized carbons (Fsp3) is 0.769. The van der Waals surface area contributed by atoms with Crippen molar-refractivity contribution < 1.29 is 13.9 Å². The molecule has 1 aromatic heterocycles. The van der Waals surface area contributed by atoms with Crippen LogP contribution in [0.4, 0.5) is 0 Å². The summed E-state index contributed by atoms with van der Waals surface area (Å²) in [6, 6.07) is 0.323. The Morgan fingerprint density at radius 2 is 2.33 bits per heavy atom. The van der Waals surface area contributed by atoms with Crippen molar-refractivity contribution in [1.82, 2.24) is 10.3 Å². The Morgan fingerprint density at radius 1 is 1.50 bits per heavy atom. The smallest absolute Gasteiger partial charge is 0.208 e. The number of hydrogen-bond acceptors (Lipinski definition) is 5. The van der Waals surface area contributed by atoms with Gasteiger partial charge >= 0.3 is 0 Å². The molecule has 0 aromatic carbocycles. The topological polar surface area (TPSA) is 56.5 Å². The fourth-order valence-corrected chi connectivity index (χ4v) is 2.29. The zero-order valence-corrected chi connectivity index (χ0v) is 11.3. The summed E-state index contributed by atoms with van der Waals surface area (Å²) in [7, 11) is 1.73. The summed E-state index contributed by atoms with van der Waals surface area (Å²) in [5.41, 5.74) is 0. The second-order valence-corrected chi connectivity index (χ2v) is 4.49. The lowest BCUT2D eigenvalue weighted by Gasteiger charge is -2.43. The molecule has 0 amide bonds. The van der Waals surface area contributed by atoms with E-state index < -0.39 is 0 Å². The van der Waals surface area contributed by atoms with Crippen LogP contribution in [0.25, 0.3) is 0 Å². The zero-order valence-electron chi connectivity index (χ0n) is 11.3. The SMILES string of the molecule is CCOC1CC(NCc2ncc(CC)o2)C1OC. The third kappa shape index (κ3) is 2.91. The third-order valence-corrected chi connectivity index (χ3v) is 3.37. The number of hydrogen-bond donors (Lipinski definition) is 1.